The van der Waals surface area contributed by atoms with Crippen LogP contribution in [-0.2, 0) is 9.53 Å². The van der Waals surface area contributed by atoms with Crippen LogP contribution in [0.1, 0.15) is 20.8 Å². The Labute approximate surface area is 79.5 Å². The van der Waals surface area contributed by atoms with Crippen LogP contribution < -0.4 is 0 Å². The molecule has 0 aromatic heterocycles. The highest BCUT2D eigenvalue weighted by Crippen LogP contribution is 1.96. The van der Waals surface area contributed by atoms with Gasteiger partial charge in [-0.1, -0.05) is 0 Å². The third kappa shape index (κ3) is 5.60. The van der Waals surface area contributed by atoms with Crippen molar-refractivity contribution < 1.29 is 14.6 Å². The van der Waals surface area contributed by atoms with E-state index >= 15 is 0 Å². The molecule has 0 fully saturated rings. The predicted octanol–water partition coefficient (Wildman–Crippen LogP) is 0.816. The van der Waals surface area contributed by atoms with Gasteiger partial charge in [-0.25, -0.2) is 0 Å². The lowest BCUT2D eigenvalue weighted by molar-refractivity contribution is -0.142. The van der Waals surface area contributed by atoms with E-state index in [0.717, 1.165) is 0 Å². The molecule has 0 amide bonds. The van der Waals surface area contributed by atoms with Crippen LogP contribution >= 0.6 is 0 Å². The first-order valence-corrected chi connectivity index (χ1v) is 4.49. The Bertz CT molecular complexity index is 159. The average molecular weight is 189 g/mol. The van der Waals surface area contributed by atoms with Gasteiger partial charge in [0.05, 0.1) is 12.7 Å². The molecule has 1 atom stereocenters. The molecule has 0 aliphatic heterocycles. The van der Waals surface area contributed by atoms with Gasteiger partial charge >= 0.3 is 5.97 Å². The number of carboxylic acids is 1. The fourth-order valence-electron chi connectivity index (χ4n) is 0.815. The van der Waals surface area contributed by atoms with Crippen molar-refractivity contribution in [3.05, 3.63) is 0 Å². The van der Waals surface area contributed by atoms with Gasteiger partial charge < -0.3 is 9.84 Å². The lowest BCUT2D eigenvalue weighted by Crippen LogP contribution is -2.38. The highest BCUT2D eigenvalue weighted by molar-refractivity contribution is 5.72. The van der Waals surface area contributed by atoms with E-state index in [1.165, 1.54) is 0 Å². The predicted molar refractivity (Wildman–Crippen MR) is 50.8 cm³/mol. The summed E-state index contributed by atoms with van der Waals surface area (Å²) in [5.74, 6) is -0.799. The van der Waals surface area contributed by atoms with E-state index in [1.807, 2.05) is 13.8 Å². The molecule has 0 aliphatic rings. The lowest BCUT2D eigenvalue weighted by Gasteiger charge is -2.21. The van der Waals surface area contributed by atoms with E-state index in [-0.39, 0.29) is 6.10 Å². The third-order valence-electron chi connectivity index (χ3n) is 1.91. The standard InChI is InChI=1S/C9H19NO3/c1-7(2)13-6-5-10(4)8(3)9(11)12/h7-8H,5-6H2,1-4H3,(H,11,12). The van der Waals surface area contributed by atoms with Crippen molar-refractivity contribution in [2.24, 2.45) is 0 Å². The van der Waals surface area contributed by atoms with Crippen molar-refractivity contribution in [2.45, 2.75) is 32.9 Å². The van der Waals surface area contributed by atoms with Gasteiger partial charge in [-0.2, -0.15) is 0 Å². The summed E-state index contributed by atoms with van der Waals surface area (Å²) in [5, 5.41) is 8.68. The molecule has 0 saturated carbocycles. The van der Waals surface area contributed by atoms with Gasteiger partial charge in [-0.05, 0) is 27.8 Å². The summed E-state index contributed by atoms with van der Waals surface area (Å²) in [5.41, 5.74) is 0. The zero-order valence-corrected chi connectivity index (χ0v) is 8.78. The second-order valence-corrected chi connectivity index (χ2v) is 3.41. The minimum absolute atomic E-state index is 0.202. The number of hydrogen-bond acceptors (Lipinski definition) is 3. The zero-order valence-electron chi connectivity index (χ0n) is 8.78. The molecule has 1 unspecified atom stereocenters. The van der Waals surface area contributed by atoms with Gasteiger partial charge in [0.1, 0.15) is 6.04 Å². The minimum atomic E-state index is -0.799. The number of nitrogens with zero attached hydrogens (tertiary/aromatic N) is 1. The van der Waals surface area contributed by atoms with Crippen molar-refractivity contribution in [1.82, 2.24) is 4.90 Å². The Morgan fingerprint density at radius 2 is 2.00 bits per heavy atom. The Balaban J connectivity index is 3.61. The van der Waals surface area contributed by atoms with Crippen LogP contribution in [0, 0.1) is 0 Å². The largest absolute Gasteiger partial charge is 0.480 e. The number of carbonyl (C=O) groups is 1. The van der Waals surface area contributed by atoms with E-state index in [4.69, 9.17) is 9.84 Å². The fraction of sp³-hybridized carbons (Fsp3) is 0.889. The first-order valence-electron chi connectivity index (χ1n) is 4.49. The second kappa shape index (κ2) is 5.94. The molecular formula is C9H19NO3. The molecule has 0 bridgehead atoms. The summed E-state index contributed by atoms with van der Waals surface area (Å²) in [7, 11) is 1.78. The quantitative estimate of drug-likeness (QED) is 0.672. The van der Waals surface area contributed by atoms with Crippen molar-refractivity contribution in [2.75, 3.05) is 20.2 Å². The summed E-state index contributed by atoms with van der Waals surface area (Å²) in [4.78, 5) is 12.3. The van der Waals surface area contributed by atoms with Gasteiger partial charge in [-0.15, -0.1) is 0 Å². The summed E-state index contributed by atoms with van der Waals surface area (Å²) in [6, 6.07) is -0.448. The number of rotatable bonds is 6. The fourth-order valence-corrected chi connectivity index (χ4v) is 0.815. The van der Waals surface area contributed by atoms with Gasteiger partial charge in [0, 0.05) is 6.54 Å². The Morgan fingerprint density at radius 1 is 1.46 bits per heavy atom. The molecule has 4 nitrogen and oxygen atoms in total. The molecule has 0 heterocycles. The summed E-state index contributed by atoms with van der Waals surface area (Å²) in [6.45, 7) is 6.80. The first kappa shape index (κ1) is 12.4. The smallest absolute Gasteiger partial charge is 0.320 e. The van der Waals surface area contributed by atoms with Gasteiger partial charge in [0.2, 0.25) is 0 Å². The highest BCUT2D eigenvalue weighted by Gasteiger charge is 2.15. The number of likely N-dealkylation sites (N-methyl/N-ethyl adjacent to an activating group) is 1. The Kier molecular flexibility index (Phi) is 5.66. The molecular weight excluding hydrogens is 170 g/mol. The van der Waals surface area contributed by atoms with Gasteiger partial charge in [0.15, 0.2) is 0 Å². The third-order valence-corrected chi connectivity index (χ3v) is 1.91. The number of carboxylic acid groups (broad SMARTS) is 1. The van der Waals surface area contributed by atoms with E-state index in [9.17, 15) is 4.79 Å². The van der Waals surface area contributed by atoms with Crippen LogP contribution in [0.3, 0.4) is 0 Å². The maximum Gasteiger partial charge on any atom is 0.320 e. The molecule has 0 rings (SSSR count). The van der Waals surface area contributed by atoms with Crippen molar-refractivity contribution >= 4 is 5.97 Å². The summed E-state index contributed by atoms with van der Waals surface area (Å²) < 4.78 is 5.31. The van der Waals surface area contributed by atoms with Crippen molar-refractivity contribution in [3.8, 4) is 0 Å². The van der Waals surface area contributed by atoms with E-state index in [1.54, 1.807) is 18.9 Å². The number of ether oxygens (including phenoxy) is 1. The van der Waals surface area contributed by atoms with Gasteiger partial charge in [0.25, 0.3) is 0 Å². The summed E-state index contributed by atoms with van der Waals surface area (Å²) in [6.07, 6.45) is 0.202. The van der Waals surface area contributed by atoms with Crippen LogP contribution in [0.15, 0.2) is 0 Å². The maximum absolute atomic E-state index is 10.6. The van der Waals surface area contributed by atoms with Crippen LogP contribution in [0.4, 0.5) is 0 Å². The van der Waals surface area contributed by atoms with Crippen LogP contribution in [0.5, 0.6) is 0 Å². The monoisotopic (exact) mass is 189 g/mol. The Hall–Kier alpha value is -0.610. The second-order valence-electron chi connectivity index (χ2n) is 3.41. The van der Waals surface area contributed by atoms with Crippen LogP contribution in [0.2, 0.25) is 0 Å². The van der Waals surface area contributed by atoms with E-state index in [0.29, 0.717) is 13.2 Å². The molecule has 78 valence electrons. The topological polar surface area (TPSA) is 49.8 Å². The number of hydrogen-bond donors (Lipinski definition) is 1. The highest BCUT2D eigenvalue weighted by atomic mass is 16.5. The first-order chi connectivity index (χ1) is 5.95. The zero-order chi connectivity index (χ0) is 10.4. The molecule has 0 aromatic carbocycles. The molecule has 0 saturated heterocycles. The molecule has 0 aromatic rings. The van der Waals surface area contributed by atoms with Gasteiger partial charge in [-0.3, -0.25) is 9.69 Å². The Morgan fingerprint density at radius 3 is 2.38 bits per heavy atom. The van der Waals surface area contributed by atoms with Crippen LogP contribution in [0.25, 0.3) is 0 Å². The maximum atomic E-state index is 10.6. The summed E-state index contributed by atoms with van der Waals surface area (Å²) >= 11 is 0. The van der Waals surface area contributed by atoms with E-state index in [2.05, 4.69) is 0 Å². The molecule has 0 aliphatic carbocycles. The van der Waals surface area contributed by atoms with Crippen LogP contribution in [-0.4, -0.2) is 48.3 Å². The minimum Gasteiger partial charge on any atom is -0.480 e. The molecule has 13 heavy (non-hydrogen) atoms. The SMILES string of the molecule is CC(C)OCCN(C)C(C)C(=O)O. The lowest BCUT2D eigenvalue weighted by atomic mass is 10.3. The average Bonchev–Trinajstić information content (AvgIpc) is 2.02. The molecule has 0 radical (unpaired) electrons. The van der Waals surface area contributed by atoms with Crippen molar-refractivity contribution in [1.29, 1.82) is 0 Å². The number of aliphatic carboxylic acids is 1. The molecule has 0 spiro atoms. The molecule has 4 heteroatoms. The normalized spacial score (nSPS) is 13.7. The van der Waals surface area contributed by atoms with Crippen molar-refractivity contribution in [3.63, 3.8) is 0 Å². The van der Waals surface area contributed by atoms with E-state index < -0.39 is 12.0 Å². The molecule has 1 N–H and O–H groups in total.